The molecule has 1 rings (SSSR count). The molecule has 0 saturated carbocycles. The molecule has 6 nitrogen and oxygen atoms in total. The van der Waals surface area contributed by atoms with Crippen LogP contribution < -0.4 is 0 Å². The molecule has 0 radical (unpaired) electrons. The zero-order valence-electron chi connectivity index (χ0n) is 13.7. The van der Waals surface area contributed by atoms with Gasteiger partial charge in [0, 0.05) is 18.7 Å². The van der Waals surface area contributed by atoms with E-state index in [2.05, 4.69) is 4.90 Å². The van der Waals surface area contributed by atoms with Crippen molar-refractivity contribution in [2.45, 2.75) is 33.6 Å². The summed E-state index contributed by atoms with van der Waals surface area (Å²) in [7, 11) is 0. The van der Waals surface area contributed by atoms with E-state index in [9.17, 15) is 19.8 Å². The number of rotatable bonds is 8. The minimum absolute atomic E-state index is 0.0435. The molecule has 1 unspecified atom stereocenters. The van der Waals surface area contributed by atoms with Crippen LogP contribution in [0.5, 0.6) is 0 Å². The number of carbonyl (C=O) groups is 2. The van der Waals surface area contributed by atoms with Crippen molar-refractivity contribution in [1.82, 2.24) is 4.90 Å². The van der Waals surface area contributed by atoms with E-state index in [1.165, 1.54) is 0 Å². The maximum Gasteiger partial charge on any atom is 0.332 e. The number of nitrogens with zero attached hydrogens (tertiary/aromatic N) is 1. The van der Waals surface area contributed by atoms with Crippen molar-refractivity contribution in [2.24, 2.45) is 11.8 Å². The first-order valence-electron chi connectivity index (χ1n) is 7.84. The van der Waals surface area contributed by atoms with Gasteiger partial charge in [-0.2, -0.15) is 0 Å². The molecule has 22 heavy (non-hydrogen) atoms. The summed E-state index contributed by atoms with van der Waals surface area (Å²) in [5, 5.41) is 18.8. The molecule has 1 aliphatic heterocycles. The van der Waals surface area contributed by atoms with Crippen molar-refractivity contribution in [3.63, 3.8) is 0 Å². The number of hydrogen-bond acceptors (Lipinski definition) is 4. The molecular weight excluding hydrogens is 286 g/mol. The number of ether oxygens (including phenoxy) is 1. The molecule has 1 aliphatic rings. The lowest BCUT2D eigenvalue weighted by molar-refractivity contribution is -0.136. The molecule has 1 saturated heterocycles. The van der Waals surface area contributed by atoms with Crippen molar-refractivity contribution in [3.8, 4) is 0 Å². The van der Waals surface area contributed by atoms with E-state index >= 15 is 0 Å². The summed E-state index contributed by atoms with van der Waals surface area (Å²) in [5.41, 5.74) is 0.0893. The smallest absolute Gasteiger partial charge is 0.332 e. The quantitative estimate of drug-likeness (QED) is 0.665. The lowest BCUT2D eigenvalue weighted by Crippen LogP contribution is -2.36. The molecule has 1 atom stereocenters. The standard InChI is InChI=1S/C16H27NO5/c1-11(2)12(3)14(16(20)21)13(15(18)19)5-4-6-17-7-9-22-10-8-17/h11-12H,4-10H2,1-3H3,(H,18,19)(H,20,21)/b14-13+. The third-order valence-corrected chi connectivity index (χ3v) is 4.27. The molecule has 2 N–H and O–H groups in total. The van der Waals surface area contributed by atoms with Crippen LogP contribution in [0.15, 0.2) is 11.1 Å². The number of hydrogen-bond donors (Lipinski definition) is 2. The van der Waals surface area contributed by atoms with Gasteiger partial charge in [-0.1, -0.05) is 20.8 Å². The molecule has 0 aromatic heterocycles. The fourth-order valence-corrected chi connectivity index (χ4v) is 2.59. The van der Waals surface area contributed by atoms with Gasteiger partial charge in [-0.25, -0.2) is 9.59 Å². The first-order chi connectivity index (χ1) is 10.3. The number of aliphatic carboxylic acids is 2. The third-order valence-electron chi connectivity index (χ3n) is 4.27. The summed E-state index contributed by atoms with van der Waals surface area (Å²) in [4.78, 5) is 25.2. The lowest BCUT2D eigenvalue weighted by atomic mass is 9.85. The summed E-state index contributed by atoms with van der Waals surface area (Å²) in [5.74, 6) is -2.44. The first kappa shape index (κ1) is 18.6. The first-order valence-corrected chi connectivity index (χ1v) is 7.84. The number of morpholine rings is 1. The molecule has 0 aromatic carbocycles. The maximum atomic E-state index is 11.5. The fourth-order valence-electron chi connectivity index (χ4n) is 2.59. The maximum absolute atomic E-state index is 11.5. The zero-order chi connectivity index (χ0) is 16.7. The van der Waals surface area contributed by atoms with Crippen LogP contribution in [0.2, 0.25) is 0 Å². The summed E-state index contributed by atoms with van der Waals surface area (Å²) < 4.78 is 5.27. The van der Waals surface area contributed by atoms with Gasteiger partial charge in [0.2, 0.25) is 0 Å². The average molecular weight is 313 g/mol. The molecule has 0 aromatic rings. The normalized spacial score (nSPS) is 18.9. The topological polar surface area (TPSA) is 87.1 Å². The van der Waals surface area contributed by atoms with E-state index in [1.807, 2.05) is 13.8 Å². The second-order valence-electron chi connectivity index (χ2n) is 6.09. The molecule has 0 amide bonds. The Balaban J connectivity index is 2.78. The van der Waals surface area contributed by atoms with Crippen LogP contribution in [0.3, 0.4) is 0 Å². The van der Waals surface area contributed by atoms with Crippen LogP contribution in [0.1, 0.15) is 33.6 Å². The molecular formula is C16H27NO5. The highest BCUT2D eigenvalue weighted by atomic mass is 16.5. The van der Waals surface area contributed by atoms with Gasteiger partial charge in [0.15, 0.2) is 0 Å². The van der Waals surface area contributed by atoms with E-state index in [1.54, 1.807) is 6.92 Å². The van der Waals surface area contributed by atoms with Gasteiger partial charge in [-0.3, -0.25) is 4.90 Å². The molecule has 6 heteroatoms. The van der Waals surface area contributed by atoms with E-state index in [-0.39, 0.29) is 29.4 Å². The van der Waals surface area contributed by atoms with Gasteiger partial charge in [-0.15, -0.1) is 0 Å². The molecule has 0 spiro atoms. The second kappa shape index (κ2) is 8.90. The third kappa shape index (κ3) is 5.42. The van der Waals surface area contributed by atoms with Crippen LogP contribution in [0.25, 0.3) is 0 Å². The Bertz CT molecular complexity index is 424. The molecule has 0 bridgehead atoms. The van der Waals surface area contributed by atoms with Crippen molar-refractivity contribution in [1.29, 1.82) is 0 Å². The van der Waals surface area contributed by atoms with Crippen LogP contribution >= 0.6 is 0 Å². The van der Waals surface area contributed by atoms with Crippen LogP contribution in [-0.2, 0) is 14.3 Å². The van der Waals surface area contributed by atoms with Crippen LogP contribution in [-0.4, -0.2) is 59.9 Å². The van der Waals surface area contributed by atoms with Gasteiger partial charge in [0.25, 0.3) is 0 Å². The van der Waals surface area contributed by atoms with Crippen molar-refractivity contribution >= 4 is 11.9 Å². The summed E-state index contributed by atoms with van der Waals surface area (Å²) in [6.45, 7) is 9.45. The van der Waals surface area contributed by atoms with Gasteiger partial charge in [0.1, 0.15) is 0 Å². The Morgan fingerprint density at radius 2 is 1.68 bits per heavy atom. The molecule has 1 fully saturated rings. The largest absolute Gasteiger partial charge is 0.478 e. The highest BCUT2D eigenvalue weighted by Gasteiger charge is 2.26. The van der Waals surface area contributed by atoms with Gasteiger partial charge < -0.3 is 14.9 Å². The Morgan fingerprint density at radius 1 is 1.09 bits per heavy atom. The highest BCUT2D eigenvalue weighted by molar-refractivity contribution is 5.99. The minimum Gasteiger partial charge on any atom is -0.478 e. The van der Waals surface area contributed by atoms with E-state index < -0.39 is 11.9 Å². The Kier molecular flexibility index (Phi) is 7.55. The summed E-state index contributed by atoms with van der Waals surface area (Å²) in [6, 6.07) is 0. The van der Waals surface area contributed by atoms with Crippen molar-refractivity contribution in [3.05, 3.63) is 11.1 Å². The summed E-state index contributed by atoms with van der Waals surface area (Å²) in [6.07, 6.45) is 0.925. The molecule has 126 valence electrons. The van der Waals surface area contributed by atoms with Gasteiger partial charge >= 0.3 is 11.9 Å². The molecule has 0 aliphatic carbocycles. The van der Waals surface area contributed by atoms with Crippen LogP contribution in [0.4, 0.5) is 0 Å². The van der Waals surface area contributed by atoms with E-state index in [4.69, 9.17) is 4.74 Å². The monoisotopic (exact) mass is 313 g/mol. The van der Waals surface area contributed by atoms with Crippen molar-refractivity contribution in [2.75, 3.05) is 32.8 Å². The number of carboxylic acid groups (broad SMARTS) is 2. The second-order valence-corrected chi connectivity index (χ2v) is 6.09. The Hall–Kier alpha value is -1.40. The zero-order valence-corrected chi connectivity index (χ0v) is 13.7. The average Bonchev–Trinajstić information content (AvgIpc) is 2.46. The van der Waals surface area contributed by atoms with E-state index in [0.29, 0.717) is 19.6 Å². The Morgan fingerprint density at radius 3 is 2.14 bits per heavy atom. The predicted molar refractivity (Wildman–Crippen MR) is 82.8 cm³/mol. The summed E-state index contributed by atoms with van der Waals surface area (Å²) >= 11 is 0. The van der Waals surface area contributed by atoms with Gasteiger partial charge in [0.05, 0.1) is 18.8 Å². The van der Waals surface area contributed by atoms with Crippen LogP contribution in [0, 0.1) is 11.8 Å². The van der Waals surface area contributed by atoms with Gasteiger partial charge in [-0.05, 0) is 31.2 Å². The minimum atomic E-state index is -1.12. The Labute approximate surface area is 131 Å². The van der Waals surface area contributed by atoms with E-state index in [0.717, 1.165) is 19.6 Å². The number of carboxylic acids is 2. The van der Waals surface area contributed by atoms with Crippen molar-refractivity contribution < 1.29 is 24.5 Å². The lowest BCUT2D eigenvalue weighted by Gasteiger charge is -2.26. The SMILES string of the molecule is CC(C)C(C)/C(C(=O)O)=C(/CCCN1CCOCC1)C(=O)O. The highest BCUT2D eigenvalue weighted by Crippen LogP contribution is 2.26. The predicted octanol–water partition coefficient (Wildman–Crippen LogP) is 1.86. The fraction of sp³-hybridized carbons (Fsp3) is 0.750. The molecule has 1 heterocycles.